The maximum Gasteiger partial charge on any atom is 0.280 e. The number of aromatic nitrogens is 4. The number of alkyl halides is 1. The molecule has 2 aromatic heterocycles. The molecule has 0 aromatic carbocycles. The summed E-state index contributed by atoms with van der Waals surface area (Å²) in [6.07, 6.45) is -0.0233. The number of nitrogens with zero attached hydrogens (tertiary/aromatic N) is 3. The van der Waals surface area contributed by atoms with Crippen LogP contribution in [-0.4, -0.2) is 53.9 Å². The molecule has 2 aromatic rings. The summed E-state index contributed by atoms with van der Waals surface area (Å²) in [6.45, 7) is -0.420. The van der Waals surface area contributed by atoms with E-state index in [9.17, 15) is 15.0 Å². The molecule has 0 aliphatic carbocycles. The van der Waals surface area contributed by atoms with Gasteiger partial charge in [0.25, 0.3) is 5.56 Å². The molecule has 10 heteroatoms. The van der Waals surface area contributed by atoms with E-state index >= 15 is 0 Å². The Morgan fingerprint density at radius 1 is 1.67 bits per heavy atom. The highest BCUT2D eigenvalue weighted by molar-refractivity contribution is 6.18. The molecule has 3 unspecified atom stereocenters. The van der Waals surface area contributed by atoms with Gasteiger partial charge in [0, 0.05) is 6.42 Å². The first-order valence-corrected chi connectivity index (χ1v) is 6.79. The van der Waals surface area contributed by atoms with Crippen molar-refractivity contribution in [2.45, 2.75) is 24.4 Å². The van der Waals surface area contributed by atoms with Crippen molar-refractivity contribution in [3.63, 3.8) is 0 Å². The summed E-state index contributed by atoms with van der Waals surface area (Å²) < 4.78 is 7.18. The fourth-order valence-corrected chi connectivity index (χ4v) is 2.76. The van der Waals surface area contributed by atoms with Gasteiger partial charge in [-0.25, -0.2) is 4.98 Å². The summed E-state index contributed by atoms with van der Waals surface area (Å²) in [7, 11) is 0. The fourth-order valence-electron chi connectivity index (χ4n) is 2.43. The maximum absolute atomic E-state index is 11.7. The number of aliphatic hydroxyl groups is 2. The number of nitrogens with one attached hydrogen (secondary N) is 1. The Balaban J connectivity index is 2.05. The summed E-state index contributed by atoms with van der Waals surface area (Å²) >= 11 is 5.79. The highest BCUT2D eigenvalue weighted by atomic mass is 35.5. The highest BCUT2D eigenvalue weighted by Gasteiger charge is 2.48. The van der Waals surface area contributed by atoms with Crippen molar-refractivity contribution in [1.82, 2.24) is 19.5 Å². The van der Waals surface area contributed by atoms with Gasteiger partial charge in [0.1, 0.15) is 11.8 Å². The minimum Gasteiger partial charge on any atom is -0.393 e. The van der Waals surface area contributed by atoms with Crippen LogP contribution in [0.25, 0.3) is 11.2 Å². The Morgan fingerprint density at radius 2 is 2.43 bits per heavy atom. The van der Waals surface area contributed by atoms with E-state index in [1.807, 2.05) is 0 Å². The van der Waals surface area contributed by atoms with Crippen LogP contribution in [-0.2, 0) is 4.74 Å². The third-order valence-electron chi connectivity index (χ3n) is 3.66. The zero-order chi connectivity index (χ0) is 15.2. The number of aromatic amines is 1. The van der Waals surface area contributed by atoms with Gasteiger partial charge in [0.15, 0.2) is 11.2 Å². The number of hydrogen-bond donors (Lipinski definition) is 4. The molecular formula is C11H14ClN5O4. The topological polar surface area (TPSA) is 139 Å². The molecule has 3 atom stereocenters. The minimum absolute atomic E-state index is 0.0430. The molecule has 0 spiro atoms. The molecule has 1 aliphatic rings. The van der Waals surface area contributed by atoms with E-state index in [1.54, 1.807) is 0 Å². The standard InChI is InChI=1S/C11H14ClN5O4/c12-2-11(3-18)5(19)1-6(21-11)17-4-14-7-8(17)15-10(13)16-9(7)20/h4-6,18-19H,1-3H2,(H3,13,15,16,20). The molecule has 0 radical (unpaired) electrons. The van der Waals surface area contributed by atoms with E-state index in [0.29, 0.717) is 0 Å². The molecular weight excluding hydrogens is 302 g/mol. The van der Waals surface area contributed by atoms with Crippen molar-refractivity contribution in [1.29, 1.82) is 0 Å². The summed E-state index contributed by atoms with van der Waals surface area (Å²) in [5.41, 5.74) is 4.19. The molecule has 3 heterocycles. The number of nitrogen functional groups attached to an aromatic ring is 1. The first-order chi connectivity index (χ1) is 10.0. The molecule has 3 rings (SSSR count). The van der Waals surface area contributed by atoms with Crippen LogP contribution in [0.5, 0.6) is 0 Å². The third-order valence-corrected chi connectivity index (χ3v) is 4.11. The molecule has 5 N–H and O–H groups in total. The minimum atomic E-state index is -1.24. The van der Waals surface area contributed by atoms with Gasteiger partial charge in [-0.2, -0.15) is 4.98 Å². The van der Waals surface area contributed by atoms with E-state index in [1.165, 1.54) is 10.9 Å². The number of H-pyrrole nitrogens is 1. The number of anilines is 1. The molecule has 21 heavy (non-hydrogen) atoms. The summed E-state index contributed by atoms with van der Waals surface area (Å²) in [5, 5.41) is 19.5. The van der Waals surface area contributed by atoms with Crippen LogP contribution in [0.4, 0.5) is 5.95 Å². The van der Waals surface area contributed by atoms with Crippen LogP contribution >= 0.6 is 11.6 Å². The third kappa shape index (κ3) is 2.09. The Kier molecular flexibility index (Phi) is 3.36. The van der Waals surface area contributed by atoms with Crippen molar-refractivity contribution in [3.8, 4) is 0 Å². The van der Waals surface area contributed by atoms with Gasteiger partial charge in [0.05, 0.1) is 24.9 Å². The maximum atomic E-state index is 11.7. The summed E-state index contributed by atoms with van der Waals surface area (Å²) in [4.78, 5) is 22.1. The number of hydrogen-bond acceptors (Lipinski definition) is 7. The van der Waals surface area contributed by atoms with Gasteiger partial charge < -0.3 is 20.7 Å². The second kappa shape index (κ2) is 4.95. The number of fused-ring (bicyclic) bond motifs is 1. The van der Waals surface area contributed by atoms with Crippen LogP contribution in [0.15, 0.2) is 11.1 Å². The van der Waals surface area contributed by atoms with Crippen molar-refractivity contribution >= 4 is 28.7 Å². The number of ether oxygens (including phenoxy) is 1. The first-order valence-electron chi connectivity index (χ1n) is 6.26. The van der Waals surface area contributed by atoms with Crippen LogP contribution in [0, 0.1) is 0 Å². The lowest BCUT2D eigenvalue weighted by Crippen LogP contribution is -2.45. The zero-order valence-corrected chi connectivity index (χ0v) is 11.6. The normalized spacial score (nSPS) is 29.3. The van der Waals surface area contributed by atoms with E-state index < -0.39 is 30.1 Å². The largest absolute Gasteiger partial charge is 0.393 e. The smallest absolute Gasteiger partial charge is 0.280 e. The van der Waals surface area contributed by atoms with Crippen LogP contribution in [0.2, 0.25) is 0 Å². The van der Waals surface area contributed by atoms with Crippen LogP contribution in [0.1, 0.15) is 12.6 Å². The predicted octanol–water partition coefficient (Wildman–Crippen LogP) is -1.05. The van der Waals surface area contributed by atoms with Crippen LogP contribution < -0.4 is 11.3 Å². The second-order valence-corrected chi connectivity index (χ2v) is 5.22. The van der Waals surface area contributed by atoms with E-state index in [0.717, 1.165) is 0 Å². The summed E-state index contributed by atoms with van der Waals surface area (Å²) in [6, 6.07) is 0. The number of imidazole rings is 1. The molecule has 0 amide bonds. The van der Waals surface area contributed by atoms with Crippen LogP contribution in [0.3, 0.4) is 0 Å². The van der Waals surface area contributed by atoms with Gasteiger partial charge >= 0.3 is 0 Å². The first kappa shape index (κ1) is 14.3. The fraction of sp³-hybridized carbons (Fsp3) is 0.545. The number of aliphatic hydroxyl groups excluding tert-OH is 2. The predicted molar refractivity (Wildman–Crippen MR) is 73.8 cm³/mol. The Morgan fingerprint density at radius 3 is 3.05 bits per heavy atom. The SMILES string of the molecule is Nc1nc2c(ncn2C2CC(O)C(CO)(CCl)O2)c(=O)[nH]1. The van der Waals surface area contributed by atoms with Gasteiger partial charge in [-0.05, 0) is 0 Å². The summed E-state index contributed by atoms with van der Waals surface area (Å²) in [5.74, 6) is -0.109. The zero-order valence-electron chi connectivity index (χ0n) is 10.9. The van der Waals surface area contributed by atoms with Crippen molar-refractivity contribution in [3.05, 3.63) is 16.7 Å². The second-order valence-electron chi connectivity index (χ2n) is 4.96. The lowest BCUT2D eigenvalue weighted by Gasteiger charge is -2.27. The molecule has 0 bridgehead atoms. The Hall–Kier alpha value is -1.68. The van der Waals surface area contributed by atoms with E-state index in [4.69, 9.17) is 22.1 Å². The van der Waals surface area contributed by atoms with Gasteiger partial charge in [0.2, 0.25) is 5.95 Å². The molecule has 1 aliphatic heterocycles. The highest BCUT2D eigenvalue weighted by Crippen LogP contribution is 2.38. The van der Waals surface area contributed by atoms with Crippen molar-refractivity contribution < 1.29 is 14.9 Å². The average Bonchev–Trinajstić information content (AvgIpc) is 3.00. The van der Waals surface area contributed by atoms with Gasteiger partial charge in [-0.3, -0.25) is 14.3 Å². The van der Waals surface area contributed by atoms with E-state index in [2.05, 4.69) is 15.0 Å². The lowest BCUT2D eigenvalue weighted by molar-refractivity contribution is -0.112. The molecule has 114 valence electrons. The quantitative estimate of drug-likeness (QED) is 0.530. The number of halogens is 1. The number of rotatable bonds is 3. The Labute approximate surface area is 123 Å². The van der Waals surface area contributed by atoms with Gasteiger partial charge in [-0.1, -0.05) is 0 Å². The van der Waals surface area contributed by atoms with Gasteiger partial charge in [-0.15, -0.1) is 11.6 Å². The molecule has 9 nitrogen and oxygen atoms in total. The Bertz CT molecular complexity index is 725. The lowest BCUT2D eigenvalue weighted by atomic mass is 10.0. The molecule has 0 saturated carbocycles. The van der Waals surface area contributed by atoms with Crippen molar-refractivity contribution in [2.24, 2.45) is 0 Å². The van der Waals surface area contributed by atoms with Crippen molar-refractivity contribution in [2.75, 3.05) is 18.2 Å². The number of nitrogens with two attached hydrogens (primary N) is 1. The monoisotopic (exact) mass is 315 g/mol. The average molecular weight is 316 g/mol. The van der Waals surface area contributed by atoms with E-state index in [-0.39, 0.29) is 29.4 Å². The molecule has 1 fully saturated rings. The molecule has 1 saturated heterocycles.